The second-order valence-corrected chi connectivity index (χ2v) is 4.42. The van der Waals surface area contributed by atoms with E-state index >= 15 is 0 Å². The summed E-state index contributed by atoms with van der Waals surface area (Å²) in [5, 5.41) is 0. The molecule has 0 bridgehead atoms. The van der Waals surface area contributed by atoms with E-state index in [0.717, 1.165) is 30.7 Å². The average Bonchev–Trinajstić information content (AvgIpc) is 2.77. The molecule has 1 aliphatic carbocycles. The summed E-state index contributed by atoms with van der Waals surface area (Å²) in [6.45, 7) is 0. The van der Waals surface area contributed by atoms with Crippen molar-refractivity contribution < 1.29 is 4.42 Å². The summed E-state index contributed by atoms with van der Waals surface area (Å²) < 4.78 is 5.38. The molecule has 1 aromatic carbocycles. The molecule has 1 heterocycles. The lowest BCUT2D eigenvalue weighted by atomic mass is 9.78. The van der Waals surface area contributed by atoms with E-state index in [2.05, 4.69) is 17.1 Å². The third kappa shape index (κ3) is 1.44. The van der Waals surface area contributed by atoms with Gasteiger partial charge in [0.2, 0.25) is 0 Å². The quantitative estimate of drug-likeness (QED) is 0.790. The Balaban J connectivity index is 1.98. The first-order chi connectivity index (χ1) is 7.78. The van der Waals surface area contributed by atoms with E-state index in [4.69, 9.17) is 10.2 Å². The van der Waals surface area contributed by atoms with E-state index in [9.17, 15) is 0 Å². The maximum atomic E-state index is 6.47. The van der Waals surface area contributed by atoms with Gasteiger partial charge < -0.3 is 10.2 Å². The average molecular weight is 214 g/mol. The van der Waals surface area contributed by atoms with Gasteiger partial charge in [-0.2, -0.15) is 0 Å². The van der Waals surface area contributed by atoms with Crippen molar-refractivity contribution in [1.29, 1.82) is 0 Å². The van der Waals surface area contributed by atoms with Crippen LogP contribution in [-0.4, -0.2) is 4.98 Å². The summed E-state index contributed by atoms with van der Waals surface area (Å²) in [7, 11) is 0. The second kappa shape index (κ2) is 3.46. The van der Waals surface area contributed by atoms with Crippen LogP contribution in [0.3, 0.4) is 0 Å². The van der Waals surface area contributed by atoms with Gasteiger partial charge in [-0.25, -0.2) is 4.98 Å². The molecule has 1 unspecified atom stereocenters. The van der Waals surface area contributed by atoms with Crippen LogP contribution < -0.4 is 5.73 Å². The first-order valence-electron chi connectivity index (χ1n) is 5.54. The molecule has 82 valence electrons. The minimum atomic E-state index is -0.298. The van der Waals surface area contributed by atoms with E-state index in [1.807, 2.05) is 18.2 Å². The molecule has 0 saturated heterocycles. The van der Waals surface area contributed by atoms with E-state index in [0.29, 0.717) is 0 Å². The fraction of sp³-hybridized carbons (Fsp3) is 0.308. The molecule has 3 heteroatoms. The molecule has 0 spiro atoms. The maximum absolute atomic E-state index is 6.47. The number of hydrogen-bond acceptors (Lipinski definition) is 3. The second-order valence-electron chi connectivity index (χ2n) is 4.42. The third-order valence-electron chi connectivity index (χ3n) is 3.36. The number of aryl methyl sites for hydroxylation is 1. The van der Waals surface area contributed by atoms with Gasteiger partial charge in [-0.05, 0) is 18.4 Å². The number of nitrogens with zero attached hydrogens (tertiary/aromatic N) is 1. The molecule has 3 nitrogen and oxygen atoms in total. The van der Waals surface area contributed by atoms with Gasteiger partial charge >= 0.3 is 0 Å². The number of rotatable bonds is 1. The Hall–Kier alpha value is -1.61. The fourth-order valence-electron chi connectivity index (χ4n) is 2.37. The normalized spacial score (nSPS) is 24.1. The van der Waals surface area contributed by atoms with Crippen molar-refractivity contribution in [2.75, 3.05) is 0 Å². The summed E-state index contributed by atoms with van der Waals surface area (Å²) in [4.78, 5) is 4.19. The predicted octanol–water partition coefficient (Wildman–Crippen LogP) is 2.02. The highest BCUT2D eigenvalue weighted by Gasteiger charge is 2.34. The molecule has 1 aliphatic rings. The largest absolute Gasteiger partial charge is 0.448 e. The summed E-state index contributed by atoms with van der Waals surface area (Å²) >= 11 is 0. The van der Waals surface area contributed by atoms with Gasteiger partial charge in [-0.1, -0.05) is 30.3 Å². The SMILES string of the molecule is NC1(c2ccccc2)CCc2ncoc2C1. The monoisotopic (exact) mass is 214 g/mol. The number of hydrogen-bond donors (Lipinski definition) is 1. The zero-order chi connectivity index (χ0) is 11.0. The maximum Gasteiger partial charge on any atom is 0.181 e. The molecule has 3 rings (SSSR count). The van der Waals surface area contributed by atoms with Crippen molar-refractivity contribution in [3.8, 4) is 0 Å². The predicted molar refractivity (Wildman–Crippen MR) is 60.8 cm³/mol. The van der Waals surface area contributed by atoms with Gasteiger partial charge in [-0.15, -0.1) is 0 Å². The summed E-state index contributed by atoms with van der Waals surface area (Å²) in [6.07, 6.45) is 4.08. The van der Waals surface area contributed by atoms with Crippen LogP contribution in [0.2, 0.25) is 0 Å². The van der Waals surface area contributed by atoms with Crippen molar-refractivity contribution in [3.05, 3.63) is 53.7 Å². The van der Waals surface area contributed by atoms with Gasteiger partial charge in [0.25, 0.3) is 0 Å². The van der Waals surface area contributed by atoms with Gasteiger partial charge in [0.15, 0.2) is 6.39 Å². The van der Waals surface area contributed by atoms with Gasteiger partial charge in [0.1, 0.15) is 5.76 Å². The number of oxazole rings is 1. The molecular weight excluding hydrogens is 200 g/mol. The minimum Gasteiger partial charge on any atom is -0.448 e. The topological polar surface area (TPSA) is 52.0 Å². The molecule has 16 heavy (non-hydrogen) atoms. The van der Waals surface area contributed by atoms with Crippen LogP contribution in [0.15, 0.2) is 41.1 Å². The summed E-state index contributed by atoms with van der Waals surface area (Å²) in [5.41, 5.74) is 8.41. The third-order valence-corrected chi connectivity index (χ3v) is 3.36. The van der Waals surface area contributed by atoms with Crippen LogP contribution in [0.25, 0.3) is 0 Å². The molecule has 0 radical (unpaired) electrons. The summed E-state index contributed by atoms with van der Waals surface area (Å²) in [5.74, 6) is 0.942. The molecule has 0 fully saturated rings. The number of aromatic nitrogens is 1. The van der Waals surface area contributed by atoms with Crippen molar-refractivity contribution in [1.82, 2.24) is 4.98 Å². The molecule has 1 aromatic heterocycles. The highest BCUT2D eigenvalue weighted by molar-refractivity contribution is 5.29. The first kappa shape index (κ1) is 9.60. The van der Waals surface area contributed by atoms with Crippen LogP contribution in [-0.2, 0) is 18.4 Å². The number of benzene rings is 1. The van der Waals surface area contributed by atoms with Crippen molar-refractivity contribution in [3.63, 3.8) is 0 Å². The van der Waals surface area contributed by atoms with Crippen molar-refractivity contribution in [2.45, 2.75) is 24.8 Å². The standard InChI is InChI=1S/C13H14N2O/c14-13(10-4-2-1-3-5-10)7-6-11-12(8-13)16-9-15-11/h1-5,9H,6-8,14H2. The Morgan fingerprint density at radius 3 is 2.88 bits per heavy atom. The Morgan fingerprint density at radius 1 is 1.25 bits per heavy atom. The molecular formula is C13H14N2O. The molecule has 0 amide bonds. The number of nitrogens with two attached hydrogens (primary N) is 1. The molecule has 0 saturated carbocycles. The van der Waals surface area contributed by atoms with Crippen LogP contribution in [0.5, 0.6) is 0 Å². The van der Waals surface area contributed by atoms with E-state index < -0.39 is 0 Å². The molecule has 2 N–H and O–H groups in total. The van der Waals surface area contributed by atoms with E-state index in [1.165, 1.54) is 12.0 Å². The Bertz CT molecular complexity index is 492. The van der Waals surface area contributed by atoms with Crippen molar-refractivity contribution in [2.24, 2.45) is 5.73 Å². The van der Waals surface area contributed by atoms with E-state index in [1.54, 1.807) is 0 Å². The first-order valence-corrected chi connectivity index (χ1v) is 5.54. The van der Waals surface area contributed by atoms with E-state index in [-0.39, 0.29) is 5.54 Å². The van der Waals surface area contributed by atoms with Gasteiger partial charge in [0, 0.05) is 12.0 Å². The lowest BCUT2D eigenvalue weighted by Gasteiger charge is -2.32. The summed E-state index contributed by atoms with van der Waals surface area (Å²) in [6, 6.07) is 10.2. The minimum absolute atomic E-state index is 0.298. The van der Waals surface area contributed by atoms with Gasteiger partial charge in [-0.3, -0.25) is 0 Å². The van der Waals surface area contributed by atoms with Crippen LogP contribution in [0.1, 0.15) is 23.4 Å². The van der Waals surface area contributed by atoms with Crippen LogP contribution >= 0.6 is 0 Å². The molecule has 2 aromatic rings. The lowest BCUT2D eigenvalue weighted by molar-refractivity contribution is 0.340. The zero-order valence-electron chi connectivity index (χ0n) is 9.02. The fourth-order valence-corrected chi connectivity index (χ4v) is 2.37. The van der Waals surface area contributed by atoms with Crippen LogP contribution in [0.4, 0.5) is 0 Å². The van der Waals surface area contributed by atoms with Crippen LogP contribution in [0, 0.1) is 0 Å². The highest BCUT2D eigenvalue weighted by Crippen LogP contribution is 2.33. The number of fused-ring (bicyclic) bond motifs is 1. The highest BCUT2D eigenvalue weighted by atomic mass is 16.3. The smallest absolute Gasteiger partial charge is 0.181 e. The molecule has 1 atom stereocenters. The Morgan fingerprint density at radius 2 is 2.06 bits per heavy atom. The molecule has 0 aliphatic heterocycles. The Kier molecular flexibility index (Phi) is 2.07. The zero-order valence-corrected chi connectivity index (χ0v) is 9.02. The lowest BCUT2D eigenvalue weighted by Crippen LogP contribution is -2.41. The Labute approximate surface area is 94.3 Å². The van der Waals surface area contributed by atoms with Gasteiger partial charge in [0.05, 0.1) is 5.69 Å². The van der Waals surface area contributed by atoms with Crippen molar-refractivity contribution >= 4 is 0 Å².